The van der Waals surface area contributed by atoms with Crippen LogP contribution in [0.2, 0.25) is 5.02 Å². The molecule has 4 rings (SSSR count). The molecule has 5 nitrogen and oxygen atoms in total. The van der Waals surface area contributed by atoms with Crippen molar-refractivity contribution in [2.45, 2.75) is 18.9 Å². The molecular formula is C18H17ClN4O. The van der Waals surface area contributed by atoms with Crippen molar-refractivity contribution >= 4 is 28.5 Å². The first-order chi connectivity index (χ1) is 11.7. The molecule has 0 N–H and O–H groups in total. The number of likely N-dealkylation sites (tertiary alicyclic amines) is 1. The Kier molecular flexibility index (Phi) is 3.94. The minimum atomic E-state index is 0.0635. The molecular weight excluding hydrogens is 324 g/mol. The predicted molar refractivity (Wildman–Crippen MR) is 93.2 cm³/mol. The van der Waals surface area contributed by atoms with Gasteiger partial charge in [-0.05, 0) is 49.2 Å². The number of halogens is 1. The van der Waals surface area contributed by atoms with Crippen LogP contribution in [0.25, 0.3) is 11.0 Å². The fourth-order valence-electron chi connectivity index (χ4n) is 3.25. The van der Waals surface area contributed by atoms with Gasteiger partial charge in [0.15, 0.2) is 0 Å². The Hall–Kier alpha value is -2.40. The number of fused-ring (bicyclic) bond motifs is 1. The van der Waals surface area contributed by atoms with Gasteiger partial charge in [-0.3, -0.25) is 4.79 Å². The lowest BCUT2D eigenvalue weighted by atomic mass is 10.0. The summed E-state index contributed by atoms with van der Waals surface area (Å²) in [7, 11) is 0. The van der Waals surface area contributed by atoms with Crippen LogP contribution in [0.3, 0.4) is 0 Å². The van der Waals surface area contributed by atoms with Gasteiger partial charge in [0.1, 0.15) is 5.52 Å². The van der Waals surface area contributed by atoms with E-state index in [1.165, 1.54) is 0 Å². The van der Waals surface area contributed by atoms with Gasteiger partial charge in [-0.15, -0.1) is 5.10 Å². The van der Waals surface area contributed by atoms with E-state index in [1.54, 1.807) is 24.3 Å². The molecule has 1 aromatic heterocycles. The first-order valence-corrected chi connectivity index (χ1v) is 8.45. The normalized spacial score (nSPS) is 15.8. The maximum atomic E-state index is 12.6. The van der Waals surface area contributed by atoms with Gasteiger partial charge < -0.3 is 4.90 Å². The third-order valence-electron chi connectivity index (χ3n) is 4.57. The maximum Gasteiger partial charge on any atom is 0.253 e. The second kappa shape index (κ2) is 6.24. The summed E-state index contributed by atoms with van der Waals surface area (Å²) in [5.41, 5.74) is 2.65. The minimum absolute atomic E-state index is 0.0635. The Balaban J connectivity index is 1.47. The minimum Gasteiger partial charge on any atom is -0.338 e. The molecule has 0 radical (unpaired) electrons. The van der Waals surface area contributed by atoms with E-state index in [0.717, 1.165) is 37.0 Å². The van der Waals surface area contributed by atoms with Gasteiger partial charge in [-0.25, -0.2) is 4.68 Å². The zero-order valence-electron chi connectivity index (χ0n) is 13.1. The third-order valence-corrected chi connectivity index (χ3v) is 4.82. The zero-order chi connectivity index (χ0) is 16.5. The molecule has 1 amide bonds. The van der Waals surface area contributed by atoms with E-state index in [-0.39, 0.29) is 11.9 Å². The molecule has 6 heteroatoms. The lowest BCUT2D eigenvalue weighted by Gasteiger charge is -2.32. The van der Waals surface area contributed by atoms with Crippen LogP contribution in [0.15, 0.2) is 48.5 Å². The smallest absolute Gasteiger partial charge is 0.253 e. The van der Waals surface area contributed by atoms with Gasteiger partial charge in [-0.1, -0.05) is 28.9 Å². The summed E-state index contributed by atoms with van der Waals surface area (Å²) >= 11 is 5.89. The van der Waals surface area contributed by atoms with Crippen LogP contribution in [-0.4, -0.2) is 38.9 Å². The highest BCUT2D eigenvalue weighted by Gasteiger charge is 2.26. The topological polar surface area (TPSA) is 51.0 Å². The van der Waals surface area contributed by atoms with Crippen LogP contribution in [0.4, 0.5) is 0 Å². The van der Waals surface area contributed by atoms with E-state index in [0.29, 0.717) is 10.6 Å². The van der Waals surface area contributed by atoms with Crippen molar-refractivity contribution in [1.82, 2.24) is 19.9 Å². The number of amides is 1. The van der Waals surface area contributed by atoms with Gasteiger partial charge >= 0.3 is 0 Å². The molecule has 1 aliphatic rings. The van der Waals surface area contributed by atoms with Gasteiger partial charge in [0.05, 0.1) is 11.6 Å². The molecule has 0 aliphatic carbocycles. The molecule has 0 saturated carbocycles. The molecule has 0 unspecified atom stereocenters. The number of para-hydroxylation sites is 1. The maximum absolute atomic E-state index is 12.6. The lowest BCUT2D eigenvalue weighted by Crippen LogP contribution is -2.39. The fraction of sp³-hybridized carbons (Fsp3) is 0.278. The zero-order valence-corrected chi connectivity index (χ0v) is 13.9. The Morgan fingerprint density at radius 2 is 1.75 bits per heavy atom. The summed E-state index contributed by atoms with van der Waals surface area (Å²) in [6.45, 7) is 1.45. The fourth-order valence-corrected chi connectivity index (χ4v) is 3.37. The largest absolute Gasteiger partial charge is 0.338 e. The lowest BCUT2D eigenvalue weighted by molar-refractivity contribution is 0.0691. The Labute approximate surface area is 144 Å². The van der Waals surface area contributed by atoms with Crippen LogP contribution in [0.1, 0.15) is 29.2 Å². The van der Waals surface area contributed by atoms with Gasteiger partial charge in [0, 0.05) is 23.7 Å². The van der Waals surface area contributed by atoms with Gasteiger partial charge in [0.2, 0.25) is 0 Å². The van der Waals surface area contributed by atoms with E-state index < -0.39 is 0 Å². The average molecular weight is 341 g/mol. The van der Waals surface area contributed by atoms with Crippen LogP contribution < -0.4 is 0 Å². The number of hydrogen-bond donors (Lipinski definition) is 0. The molecule has 0 atom stereocenters. The number of nitrogens with zero attached hydrogens (tertiary/aromatic N) is 4. The summed E-state index contributed by atoms with van der Waals surface area (Å²) in [5.74, 6) is 0.0635. The second-order valence-corrected chi connectivity index (χ2v) is 6.49. The third kappa shape index (κ3) is 2.76. The van der Waals surface area contributed by atoms with E-state index in [1.807, 2.05) is 33.8 Å². The molecule has 2 heterocycles. The second-order valence-electron chi connectivity index (χ2n) is 6.05. The van der Waals surface area contributed by atoms with Crippen LogP contribution in [0, 0.1) is 0 Å². The van der Waals surface area contributed by atoms with Gasteiger partial charge in [0.25, 0.3) is 5.91 Å². The predicted octanol–water partition coefficient (Wildman–Crippen LogP) is 3.56. The Morgan fingerprint density at radius 1 is 1.04 bits per heavy atom. The molecule has 24 heavy (non-hydrogen) atoms. The Morgan fingerprint density at radius 3 is 2.50 bits per heavy atom. The molecule has 122 valence electrons. The summed E-state index contributed by atoms with van der Waals surface area (Å²) < 4.78 is 2.00. The standard InChI is InChI=1S/C18H17ClN4O/c19-14-7-5-13(6-8-14)18(24)22-11-9-15(10-12-22)23-17-4-2-1-3-16(17)20-21-23/h1-8,15H,9-12H2. The van der Waals surface area contributed by atoms with Crippen molar-refractivity contribution in [1.29, 1.82) is 0 Å². The van der Waals surface area contributed by atoms with Crippen LogP contribution >= 0.6 is 11.6 Å². The summed E-state index contributed by atoms with van der Waals surface area (Å²) in [6, 6.07) is 15.3. The number of benzene rings is 2. The van der Waals surface area contributed by atoms with Crippen molar-refractivity contribution in [2.75, 3.05) is 13.1 Å². The highest BCUT2D eigenvalue weighted by Crippen LogP contribution is 2.26. The van der Waals surface area contributed by atoms with E-state index in [4.69, 9.17) is 11.6 Å². The van der Waals surface area contributed by atoms with Crippen molar-refractivity contribution in [3.8, 4) is 0 Å². The highest BCUT2D eigenvalue weighted by atomic mass is 35.5. The number of piperidine rings is 1. The van der Waals surface area contributed by atoms with Crippen molar-refractivity contribution in [3.63, 3.8) is 0 Å². The van der Waals surface area contributed by atoms with Crippen LogP contribution in [0.5, 0.6) is 0 Å². The summed E-state index contributed by atoms with van der Waals surface area (Å²) in [4.78, 5) is 14.5. The Bertz CT molecular complexity index is 866. The number of carbonyl (C=O) groups is 1. The SMILES string of the molecule is O=C(c1ccc(Cl)cc1)N1CCC(n2nnc3ccccc32)CC1. The first kappa shape index (κ1) is 15.1. The molecule has 3 aromatic rings. The summed E-state index contributed by atoms with van der Waals surface area (Å²) in [5, 5.41) is 9.17. The molecule has 0 bridgehead atoms. The summed E-state index contributed by atoms with van der Waals surface area (Å²) in [6.07, 6.45) is 1.76. The van der Waals surface area contributed by atoms with Gasteiger partial charge in [-0.2, -0.15) is 0 Å². The van der Waals surface area contributed by atoms with Crippen molar-refractivity contribution < 1.29 is 4.79 Å². The van der Waals surface area contributed by atoms with E-state index in [2.05, 4.69) is 10.3 Å². The van der Waals surface area contributed by atoms with Crippen molar-refractivity contribution in [3.05, 3.63) is 59.1 Å². The van der Waals surface area contributed by atoms with E-state index >= 15 is 0 Å². The number of rotatable bonds is 2. The first-order valence-electron chi connectivity index (χ1n) is 8.07. The number of aromatic nitrogens is 3. The van der Waals surface area contributed by atoms with Crippen LogP contribution in [-0.2, 0) is 0 Å². The highest BCUT2D eigenvalue weighted by molar-refractivity contribution is 6.30. The molecule has 1 fully saturated rings. The molecule has 1 aliphatic heterocycles. The quantitative estimate of drug-likeness (QED) is 0.716. The molecule has 2 aromatic carbocycles. The molecule has 1 saturated heterocycles. The average Bonchev–Trinajstić information content (AvgIpc) is 3.06. The van der Waals surface area contributed by atoms with Crippen molar-refractivity contribution in [2.24, 2.45) is 0 Å². The monoisotopic (exact) mass is 340 g/mol. The number of hydrogen-bond acceptors (Lipinski definition) is 3. The number of carbonyl (C=O) groups excluding carboxylic acids is 1. The van der Waals surface area contributed by atoms with E-state index in [9.17, 15) is 4.79 Å². The molecule has 0 spiro atoms.